The smallest absolute Gasteiger partial charge is 0.227 e. The number of carbonyl (C=O) groups excluding carboxylic acids is 1. The van der Waals surface area contributed by atoms with Crippen molar-refractivity contribution in [3.8, 4) is 0 Å². The van der Waals surface area contributed by atoms with E-state index >= 15 is 0 Å². The van der Waals surface area contributed by atoms with Gasteiger partial charge in [-0.1, -0.05) is 17.3 Å². The summed E-state index contributed by atoms with van der Waals surface area (Å²) in [4.78, 5) is 14.5. The third-order valence-electron chi connectivity index (χ3n) is 4.06. The van der Waals surface area contributed by atoms with Crippen LogP contribution >= 0.6 is 0 Å². The Morgan fingerprint density at radius 3 is 2.77 bits per heavy atom. The molecule has 1 aliphatic rings. The molecule has 0 radical (unpaired) electrons. The largest absolute Gasteiger partial charge is 0.361 e. The molecular formula is C17H19FN2O2. The van der Waals surface area contributed by atoms with Crippen molar-refractivity contribution >= 4 is 5.91 Å². The predicted octanol–water partition coefficient (Wildman–Crippen LogP) is 3.16. The van der Waals surface area contributed by atoms with Crippen LogP contribution in [0.15, 0.2) is 28.8 Å². The molecule has 1 saturated carbocycles. The summed E-state index contributed by atoms with van der Waals surface area (Å²) < 4.78 is 18.4. The van der Waals surface area contributed by atoms with Crippen LogP contribution in [0.1, 0.15) is 35.4 Å². The molecule has 1 fully saturated rings. The van der Waals surface area contributed by atoms with Crippen molar-refractivity contribution < 1.29 is 13.7 Å². The van der Waals surface area contributed by atoms with Crippen LogP contribution < -0.4 is 0 Å². The van der Waals surface area contributed by atoms with E-state index in [1.165, 1.54) is 12.1 Å². The minimum absolute atomic E-state index is 0.0427. The summed E-state index contributed by atoms with van der Waals surface area (Å²) in [5, 5.41) is 3.89. The molecule has 0 spiro atoms. The van der Waals surface area contributed by atoms with E-state index in [1.54, 1.807) is 6.07 Å². The van der Waals surface area contributed by atoms with E-state index in [1.807, 2.05) is 24.8 Å². The third kappa shape index (κ3) is 3.18. The van der Waals surface area contributed by atoms with Crippen LogP contribution in [-0.4, -0.2) is 22.0 Å². The van der Waals surface area contributed by atoms with Gasteiger partial charge in [0.25, 0.3) is 0 Å². The van der Waals surface area contributed by atoms with Gasteiger partial charge in [-0.25, -0.2) is 4.39 Å². The first-order valence-electron chi connectivity index (χ1n) is 7.50. The maximum Gasteiger partial charge on any atom is 0.227 e. The number of benzene rings is 1. The average molecular weight is 302 g/mol. The molecule has 5 heteroatoms. The number of halogens is 1. The van der Waals surface area contributed by atoms with Crippen molar-refractivity contribution in [1.82, 2.24) is 10.1 Å². The molecule has 2 aromatic rings. The highest BCUT2D eigenvalue weighted by molar-refractivity contribution is 5.79. The van der Waals surface area contributed by atoms with Crippen LogP contribution in [0.3, 0.4) is 0 Å². The molecule has 0 atom stereocenters. The molecule has 0 saturated heterocycles. The predicted molar refractivity (Wildman–Crippen MR) is 79.7 cm³/mol. The maximum absolute atomic E-state index is 13.3. The van der Waals surface area contributed by atoms with Crippen LogP contribution in [0, 0.1) is 19.7 Å². The first kappa shape index (κ1) is 14.8. The van der Waals surface area contributed by atoms with Crippen molar-refractivity contribution in [3.63, 3.8) is 0 Å². The highest BCUT2D eigenvalue weighted by Crippen LogP contribution is 2.29. The number of rotatable bonds is 5. The zero-order valence-corrected chi connectivity index (χ0v) is 12.8. The minimum atomic E-state index is -0.272. The average Bonchev–Trinajstić information content (AvgIpc) is 3.27. The maximum atomic E-state index is 13.3. The molecule has 1 amide bonds. The summed E-state index contributed by atoms with van der Waals surface area (Å²) >= 11 is 0. The van der Waals surface area contributed by atoms with Gasteiger partial charge in [-0.05, 0) is 44.4 Å². The van der Waals surface area contributed by atoms with Crippen molar-refractivity contribution in [2.24, 2.45) is 0 Å². The Hall–Kier alpha value is -2.17. The van der Waals surface area contributed by atoms with Crippen molar-refractivity contribution in [2.75, 3.05) is 0 Å². The van der Waals surface area contributed by atoms with Gasteiger partial charge in [-0.2, -0.15) is 0 Å². The lowest BCUT2D eigenvalue weighted by Crippen LogP contribution is -2.34. The Kier molecular flexibility index (Phi) is 3.96. The molecule has 22 heavy (non-hydrogen) atoms. The Labute approximate surface area is 128 Å². The van der Waals surface area contributed by atoms with Gasteiger partial charge in [0.1, 0.15) is 11.6 Å². The van der Waals surface area contributed by atoms with Gasteiger partial charge in [-0.15, -0.1) is 0 Å². The Morgan fingerprint density at radius 1 is 1.41 bits per heavy atom. The summed E-state index contributed by atoms with van der Waals surface area (Å²) in [6.07, 6.45) is 2.32. The zero-order valence-electron chi connectivity index (χ0n) is 12.8. The summed E-state index contributed by atoms with van der Waals surface area (Å²) in [5.41, 5.74) is 2.43. The summed E-state index contributed by atoms with van der Waals surface area (Å²) in [6, 6.07) is 6.70. The molecule has 116 valence electrons. The molecule has 0 bridgehead atoms. The number of amides is 1. The molecule has 0 unspecified atom stereocenters. The molecule has 1 aliphatic carbocycles. The number of hydrogen-bond acceptors (Lipinski definition) is 3. The van der Waals surface area contributed by atoms with E-state index in [9.17, 15) is 9.18 Å². The van der Waals surface area contributed by atoms with Crippen molar-refractivity contribution in [3.05, 3.63) is 52.7 Å². The molecule has 1 aromatic heterocycles. The fourth-order valence-corrected chi connectivity index (χ4v) is 2.65. The highest BCUT2D eigenvalue weighted by atomic mass is 19.1. The van der Waals surface area contributed by atoms with Crippen LogP contribution in [0.4, 0.5) is 4.39 Å². The Bertz CT molecular complexity index is 672. The van der Waals surface area contributed by atoms with Gasteiger partial charge in [0.05, 0.1) is 12.1 Å². The van der Waals surface area contributed by atoms with Crippen molar-refractivity contribution in [1.29, 1.82) is 0 Å². The number of hydrogen-bond donors (Lipinski definition) is 0. The quantitative estimate of drug-likeness (QED) is 0.852. The second kappa shape index (κ2) is 5.91. The van der Waals surface area contributed by atoms with Crippen molar-refractivity contribution in [2.45, 2.75) is 45.7 Å². The Balaban J connectivity index is 1.75. The van der Waals surface area contributed by atoms with Gasteiger partial charge >= 0.3 is 0 Å². The van der Waals surface area contributed by atoms with E-state index in [-0.39, 0.29) is 24.2 Å². The highest BCUT2D eigenvalue weighted by Gasteiger charge is 2.33. The normalized spacial score (nSPS) is 14.1. The van der Waals surface area contributed by atoms with E-state index in [2.05, 4.69) is 5.16 Å². The van der Waals surface area contributed by atoms with E-state index in [4.69, 9.17) is 4.52 Å². The number of nitrogens with zero attached hydrogens (tertiary/aromatic N) is 2. The fraction of sp³-hybridized carbons (Fsp3) is 0.412. The lowest BCUT2D eigenvalue weighted by molar-refractivity contribution is -0.131. The first-order chi connectivity index (χ1) is 10.5. The number of carbonyl (C=O) groups is 1. The number of aromatic nitrogens is 1. The van der Waals surface area contributed by atoms with Gasteiger partial charge in [0.15, 0.2) is 0 Å². The summed E-state index contributed by atoms with van der Waals surface area (Å²) in [7, 11) is 0. The van der Waals surface area contributed by atoms with Gasteiger partial charge in [-0.3, -0.25) is 4.79 Å². The SMILES string of the molecule is Cc1noc(C)c1CC(=O)N(Cc1cccc(F)c1)C1CC1. The minimum Gasteiger partial charge on any atom is -0.361 e. The van der Waals surface area contributed by atoms with Crippen LogP contribution in [0.2, 0.25) is 0 Å². The van der Waals surface area contributed by atoms with Crippen LogP contribution in [0.5, 0.6) is 0 Å². The molecule has 0 N–H and O–H groups in total. The van der Waals surface area contributed by atoms with Gasteiger partial charge < -0.3 is 9.42 Å². The zero-order chi connectivity index (χ0) is 15.7. The van der Waals surface area contributed by atoms with Gasteiger partial charge in [0.2, 0.25) is 5.91 Å². The number of aryl methyl sites for hydroxylation is 2. The topological polar surface area (TPSA) is 46.3 Å². The van der Waals surface area contributed by atoms with E-state index < -0.39 is 0 Å². The molecule has 1 aromatic carbocycles. The van der Waals surface area contributed by atoms with Crippen LogP contribution in [-0.2, 0) is 17.8 Å². The standard InChI is InChI=1S/C17H19FN2O2/c1-11-16(12(2)22-19-11)9-17(21)20(15-6-7-15)10-13-4-3-5-14(18)8-13/h3-5,8,15H,6-7,9-10H2,1-2H3. The molecule has 1 heterocycles. The second-order valence-corrected chi connectivity index (χ2v) is 5.86. The lowest BCUT2D eigenvalue weighted by atomic mass is 10.1. The molecular weight excluding hydrogens is 283 g/mol. The van der Waals surface area contributed by atoms with Crippen LogP contribution in [0.25, 0.3) is 0 Å². The summed E-state index contributed by atoms with van der Waals surface area (Å²) in [5.74, 6) is 0.458. The fourth-order valence-electron chi connectivity index (χ4n) is 2.65. The monoisotopic (exact) mass is 302 g/mol. The molecule has 4 nitrogen and oxygen atoms in total. The van der Waals surface area contributed by atoms with E-state index in [0.29, 0.717) is 12.3 Å². The second-order valence-electron chi connectivity index (χ2n) is 5.86. The lowest BCUT2D eigenvalue weighted by Gasteiger charge is -2.22. The summed E-state index contributed by atoms with van der Waals surface area (Å²) in [6.45, 7) is 4.11. The van der Waals surface area contributed by atoms with Gasteiger partial charge in [0, 0.05) is 18.2 Å². The molecule has 3 rings (SSSR count). The first-order valence-corrected chi connectivity index (χ1v) is 7.50. The molecule has 0 aliphatic heterocycles. The van der Waals surface area contributed by atoms with E-state index in [0.717, 1.165) is 29.7 Å². The Morgan fingerprint density at radius 2 is 2.18 bits per heavy atom. The third-order valence-corrected chi connectivity index (χ3v) is 4.06.